The van der Waals surface area contributed by atoms with Gasteiger partial charge in [-0.25, -0.2) is 14.5 Å². The largest absolute Gasteiger partial charge is 0.381 e. The van der Waals surface area contributed by atoms with Crippen LogP contribution in [0.4, 0.5) is 4.79 Å². The molecule has 1 atom stereocenters. The monoisotopic (exact) mass is 338 g/mol. The normalized spacial score (nSPS) is 20.8. The fourth-order valence-corrected chi connectivity index (χ4v) is 3.17. The molecule has 0 saturated carbocycles. The lowest BCUT2D eigenvalue weighted by Crippen LogP contribution is -2.23. The van der Waals surface area contributed by atoms with Crippen LogP contribution in [0.25, 0.3) is 5.69 Å². The summed E-state index contributed by atoms with van der Waals surface area (Å²) in [7, 11) is 0. The van der Waals surface area contributed by atoms with Gasteiger partial charge in [0.1, 0.15) is 6.04 Å². The highest BCUT2D eigenvalue weighted by atomic mass is 16.5. The second-order valence-electron chi connectivity index (χ2n) is 6.19. The molecular weight excluding hydrogens is 320 g/mol. The van der Waals surface area contributed by atoms with E-state index in [-0.39, 0.29) is 18.0 Å². The Kier molecular flexibility index (Phi) is 4.07. The zero-order valence-corrected chi connectivity index (χ0v) is 13.6. The first-order chi connectivity index (χ1) is 12.2. The van der Waals surface area contributed by atoms with Crippen molar-refractivity contribution in [1.29, 1.82) is 5.26 Å². The van der Waals surface area contributed by atoms with Gasteiger partial charge in [0.25, 0.3) is 0 Å². The van der Waals surface area contributed by atoms with Crippen molar-refractivity contribution in [2.24, 2.45) is 0 Å². The molecule has 2 fully saturated rings. The van der Waals surface area contributed by atoms with Gasteiger partial charge in [0.05, 0.1) is 17.3 Å². The van der Waals surface area contributed by atoms with Crippen LogP contribution in [-0.2, 0) is 4.74 Å². The number of nitriles is 1. The summed E-state index contributed by atoms with van der Waals surface area (Å²) in [5, 5.41) is 19.3. The zero-order valence-electron chi connectivity index (χ0n) is 13.6. The topological polar surface area (TPSA) is 105 Å². The van der Waals surface area contributed by atoms with Gasteiger partial charge in [-0.1, -0.05) is 0 Å². The predicted octanol–water partition coefficient (Wildman–Crippen LogP) is 1.39. The van der Waals surface area contributed by atoms with E-state index in [2.05, 4.69) is 16.7 Å². The molecule has 0 spiro atoms. The molecule has 0 radical (unpaired) electrons. The maximum absolute atomic E-state index is 11.5. The van der Waals surface area contributed by atoms with Gasteiger partial charge in [-0.05, 0) is 37.1 Å². The van der Waals surface area contributed by atoms with E-state index in [1.807, 2.05) is 12.1 Å². The number of aromatic nitrogens is 3. The van der Waals surface area contributed by atoms with E-state index in [1.54, 1.807) is 16.8 Å². The smallest absolute Gasteiger partial charge is 0.315 e. The second kappa shape index (κ2) is 6.53. The van der Waals surface area contributed by atoms with E-state index in [1.165, 1.54) is 0 Å². The van der Waals surface area contributed by atoms with Crippen molar-refractivity contribution >= 4 is 6.03 Å². The van der Waals surface area contributed by atoms with Gasteiger partial charge in [0.2, 0.25) is 0 Å². The average molecular weight is 338 g/mol. The van der Waals surface area contributed by atoms with Crippen molar-refractivity contribution in [2.45, 2.75) is 24.8 Å². The van der Waals surface area contributed by atoms with E-state index < -0.39 is 0 Å². The van der Waals surface area contributed by atoms with Crippen LogP contribution in [0.1, 0.15) is 42.0 Å². The third-order valence-corrected chi connectivity index (χ3v) is 4.56. The fraction of sp³-hybridized carbons (Fsp3) is 0.412. The van der Waals surface area contributed by atoms with E-state index in [0.717, 1.165) is 24.4 Å². The Morgan fingerprint density at radius 3 is 2.64 bits per heavy atom. The van der Waals surface area contributed by atoms with Crippen molar-refractivity contribution in [3.63, 3.8) is 0 Å². The van der Waals surface area contributed by atoms with E-state index in [4.69, 9.17) is 20.1 Å². The van der Waals surface area contributed by atoms with Gasteiger partial charge in [-0.3, -0.25) is 0 Å². The van der Waals surface area contributed by atoms with Crippen LogP contribution in [0.3, 0.4) is 0 Å². The van der Waals surface area contributed by atoms with Crippen molar-refractivity contribution < 1.29 is 9.53 Å². The minimum atomic E-state index is -0.232. The highest BCUT2D eigenvalue weighted by molar-refractivity contribution is 5.76. The lowest BCUT2D eigenvalue weighted by molar-refractivity contribution is 0.0836. The standard InChI is InChI=1S/C17H18N6O2/c18-9-11-1-3-13(4-2-11)23-16(14-10-19-17(24)20-14)21-15(22-23)12-5-7-25-8-6-12/h1-4,12,14H,5-8,10H2,(H2,19,20,24). The molecule has 25 heavy (non-hydrogen) atoms. The van der Waals surface area contributed by atoms with Gasteiger partial charge in [0, 0.05) is 25.7 Å². The number of hydrogen-bond acceptors (Lipinski definition) is 5. The number of amides is 2. The summed E-state index contributed by atoms with van der Waals surface area (Å²) < 4.78 is 7.19. The van der Waals surface area contributed by atoms with Gasteiger partial charge >= 0.3 is 6.03 Å². The number of benzene rings is 1. The predicted molar refractivity (Wildman–Crippen MR) is 88.1 cm³/mol. The number of rotatable bonds is 3. The maximum atomic E-state index is 11.5. The Bertz CT molecular complexity index is 817. The first kappa shape index (κ1) is 15.6. The Labute approximate surface area is 144 Å². The van der Waals surface area contributed by atoms with Gasteiger partial charge in [-0.2, -0.15) is 10.4 Å². The Balaban J connectivity index is 1.72. The van der Waals surface area contributed by atoms with E-state index >= 15 is 0 Å². The molecular formula is C17H18N6O2. The molecule has 3 heterocycles. The highest BCUT2D eigenvalue weighted by Crippen LogP contribution is 2.27. The van der Waals surface area contributed by atoms with Crippen molar-refractivity contribution in [2.75, 3.05) is 19.8 Å². The molecule has 128 valence electrons. The van der Waals surface area contributed by atoms with Crippen LogP contribution in [0.15, 0.2) is 24.3 Å². The number of nitrogens with one attached hydrogen (secondary N) is 2. The van der Waals surface area contributed by atoms with Crippen LogP contribution in [-0.4, -0.2) is 40.6 Å². The minimum absolute atomic E-state index is 0.202. The van der Waals surface area contributed by atoms with Crippen LogP contribution < -0.4 is 10.6 Å². The molecule has 1 unspecified atom stereocenters. The maximum Gasteiger partial charge on any atom is 0.315 e. The quantitative estimate of drug-likeness (QED) is 0.880. The van der Waals surface area contributed by atoms with E-state index in [0.29, 0.717) is 31.1 Å². The summed E-state index contributed by atoms with van der Waals surface area (Å²) >= 11 is 0. The summed E-state index contributed by atoms with van der Waals surface area (Å²) in [4.78, 5) is 16.3. The molecule has 0 aliphatic carbocycles. The molecule has 1 aromatic heterocycles. The summed E-state index contributed by atoms with van der Waals surface area (Å²) in [6.45, 7) is 1.90. The molecule has 2 N–H and O–H groups in total. The molecule has 1 aromatic carbocycles. The van der Waals surface area contributed by atoms with Crippen LogP contribution >= 0.6 is 0 Å². The molecule has 2 amide bonds. The van der Waals surface area contributed by atoms with Gasteiger partial charge in [0.15, 0.2) is 11.6 Å². The number of carbonyl (C=O) groups is 1. The molecule has 2 saturated heterocycles. The first-order valence-electron chi connectivity index (χ1n) is 8.34. The molecule has 0 bridgehead atoms. The molecule has 8 heteroatoms. The Morgan fingerprint density at radius 1 is 1.24 bits per heavy atom. The van der Waals surface area contributed by atoms with E-state index in [9.17, 15) is 4.79 Å². The number of carbonyl (C=O) groups excluding carboxylic acids is 1. The summed E-state index contributed by atoms with van der Waals surface area (Å²) in [5.74, 6) is 1.74. The van der Waals surface area contributed by atoms with Crippen LogP contribution in [0.2, 0.25) is 0 Å². The molecule has 2 aliphatic rings. The number of hydrogen-bond donors (Lipinski definition) is 2. The van der Waals surface area contributed by atoms with Crippen molar-refractivity contribution in [3.05, 3.63) is 41.5 Å². The summed E-state index contributed by atoms with van der Waals surface area (Å²) in [6.07, 6.45) is 1.79. The number of urea groups is 1. The van der Waals surface area contributed by atoms with Gasteiger partial charge < -0.3 is 15.4 Å². The minimum Gasteiger partial charge on any atom is -0.381 e. The number of nitrogens with zero attached hydrogens (tertiary/aromatic N) is 4. The molecule has 4 rings (SSSR count). The zero-order chi connectivity index (χ0) is 17.2. The van der Waals surface area contributed by atoms with Gasteiger partial charge in [-0.15, -0.1) is 0 Å². The summed E-state index contributed by atoms with van der Waals surface area (Å²) in [5.41, 5.74) is 1.41. The SMILES string of the molecule is N#Cc1ccc(-n2nc(C3CCOCC3)nc2C2CNC(=O)N2)cc1. The first-order valence-corrected chi connectivity index (χ1v) is 8.34. The highest BCUT2D eigenvalue weighted by Gasteiger charge is 2.30. The summed E-state index contributed by atoms with van der Waals surface area (Å²) in [6, 6.07) is 8.86. The average Bonchev–Trinajstić information content (AvgIpc) is 3.29. The second-order valence-corrected chi connectivity index (χ2v) is 6.19. The Morgan fingerprint density at radius 2 is 2.00 bits per heavy atom. The molecule has 8 nitrogen and oxygen atoms in total. The third kappa shape index (κ3) is 3.06. The van der Waals surface area contributed by atoms with Crippen LogP contribution in [0.5, 0.6) is 0 Å². The number of ether oxygens (including phenoxy) is 1. The molecule has 2 aromatic rings. The fourth-order valence-electron chi connectivity index (χ4n) is 3.17. The Hall–Kier alpha value is -2.92. The lowest BCUT2D eigenvalue weighted by Gasteiger charge is -2.18. The lowest BCUT2D eigenvalue weighted by atomic mass is 10.00. The molecule has 2 aliphatic heterocycles. The van der Waals surface area contributed by atoms with Crippen molar-refractivity contribution in [3.8, 4) is 11.8 Å². The van der Waals surface area contributed by atoms with Crippen molar-refractivity contribution in [1.82, 2.24) is 25.4 Å². The third-order valence-electron chi connectivity index (χ3n) is 4.56. The van der Waals surface area contributed by atoms with Crippen LogP contribution in [0, 0.1) is 11.3 Å².